The van der Waals surface area contributed by atoms with Gasteiger partial charge in [0.05, 0.1) is 0 Å². The first kappa shape index (κ1) is 13.5. The van der Waals surface area contributed by atoms with Crippen molar-refractivity contribution in [2.75, 3.05) is 13.1 Å². The second-order valence-corrected chi connectivity index (χ2v) is 5.30. The number of nitrogens with two attached hydrogens (primary N) is 1. The summed E-state index contributed by atoms with van der Waals surface area (Å²) >= 11 is 0. The van der Waals surface area contributed by atoms with E-state index in [-0.39, 0.29) is 5.82 Å². The molecule has 0 atom stereocenters. The van der Waals surface area contributed by atoms with Gasteiger partial charge in [-0.2, -0.15) is 0 Å². The Hall–Kier alpha value is -0.930. The average molecular weight is 250 g/mol. The molecule has 3 heteroatoms. The van der Waals surface area contributed by atoms with Crippen LogP contribution in [0.5, 0.6) is 0 Å². The highest BCUT2D eigenvalue weighted by Crippen LogP contribution is 2.21. The summed E-state index contributed by atoms with van der Waals surface area (Å²) in [5, 5.41) is 0. The predicted octanol–water partition coefficient (Wildman–Crippen LogP) is 2.91. The van der Waals surface area contributed by atoms with E-state index in [0.29, 0.717) is 6.54 Å². The van der Waals surface area contributed by atoms with Crippen LogP contribution in [0.1, 0.15) is 37.3 Å². The Morgan fingerprint density at radius 1 is 1.22 bits per heavy atom. The number of piperidine rings is 1. The monoisotopic (exact) mass is 250 g/mol. The number of halogens is 1. The summed E-state index contributed by atoms with van der Waals surface area (Å²) in [7, 11) is 0. The Morgan fingerprint density at radius 3 is 2.50 bits per heavy atom. The maximum absolute atomic E-state index is 13.4. The molecule has 100 valence electrons. The molecule has 0 bridgehead atoms. The van der Waals surface area contributed by atoms with Gasteiger partial charge in [0.15, 0.2) is 0 Å². The molecule has 0 saturated carbocycles. The Kier molecular flexibility index (Phi) is 4.72. The van der Waals surface area contributed by atoms with Crippen LogP contribution in [0.3, 0.4) is 0 Å². The third-order valence-electron chi connectivity index (χ3n) is 3.94. The van der Waals surface area contributed by atoms with Gasteiger partial charge < -0.3 is 5.73 Å². The van der Waals surface area contributed by atoms with Crippen molar-refractivity contribution in [2.45, 2.75) is 39.3 Å². The molecule has 1 heterocycles. The Morgan fingerprint density at radius 2 is 1.89 bits per heavy atom. The smallest absolute Gasteiger partial charge is 0.123 e. The van der Waals surface area contributed by atoms with Crippen molar-refractivity contribution in [2.24, 2.45) is 11.7 Å². The first-order valence-corrected chi connectivity index (χ1v) is 6.92. The lowest BCUT2D eigenvalue weighted by Crippen LogP contribution is -2.33. The van der Waals surface area contributed by atoms with E-state index in [9.17, 15) is 4.39 Å². The van der Waals surface area contributed by atoms with E-state index in [1.807, 2.05) is 6.07 Å². The summed E-state index contributed by atoms with van der Waals surface area (Å²) in [6, 6.07) is 5.17. The van der Waals surface area contributed by atoms with Crippen LogP contribution in [0.15, 0.2) is 18.2 Å². The van der Waals surface area contributed by atoms with E-state index in [4.69, 9.17) is 5.73 Å². The van der Waals surface area contributed by atoms with Gasteiger partial charge in [-0.25, -0.2) is 4.39 Å². The minimum Gasteiger partial charge on any atom is -0.326 e. The summed E-state index contributed by atoms with van der Waals surface area (Å²) < 4.78 is 13.4. The van der Waals surface area contributed by atoms with Crippen LogP contribution in [0.25, 0.3) is 0 Å². The molecule has 1 fully saturated rings. The summed E-state index contributed by atoms with van der Waals surface area (Å²) in [6.45, 7) is 5.78. The van der Waals surface area contributed by atoms with Crippen molar-refractivity contribution in [3.05, 3.63) is 35.1 Å². The van der Waals surface area contributed by atoms with Crippen LogP contribution in [-0.2, 0) is 13.1 Å². The molecule has 2 nitrogen and oxygen atoms in total. The van der Waals surface area contributed by atoms with Crippen molar-refractivity contribution >= 4 is 0 Å². The van der Waals surface area contributed by atoms with Crippen LogP contribution >= 0.6 is 0 Å². The zero-order valence-corrected chi connectivity index (χ0v) is 11.2. The number of nitrogens with zero attached hydrogens (tertiary/aromatic N) is 1. The summed E-state index contributed by atoms with van der Waals surface area (Å²) in [5.41, 5.74) is 7.51. The van der Waals surface area contributed by atoms with Gasteiger partial charge in [0.25, 0.3) is 0 Å². The second kappa shape index (κ2) is 6.30. The van der Waals surface area contributed by atoms with E-state index >= 15 is 0 Å². The van der Waals surface area contributed by atoms with Gasteiger partial charge in [-0.1, -0.05) is 19.4 Å². The lowest BCUT2D eigenvalue weighted by atomic mass is 9.94. The van der Waals surface area contributed by atoms with E-state index < -0.39 is 0 Å². The third kappa shape index (κ3) is 3.53. The lowest BCUT2D eigenvalue weighted by molar-refractivity contribution is 0.175. The first-order chi connectivity index (χ1) is 8.71. The number of rotatable bonds is 4. The molecule has 0 aliphatic carbocycles. The molecule has 0 radical (unpaired) electrons. The van der Waals surface area contributed by atoms with Crippen LogP contribution in [0.4, 0.5) is 4.39 Å². The van der Waals surface area contributed by atoms with Gasteiger partial charge in [-0.3, -0.25) is 4.90 Å². The van der Waals surface area contributed by atoms with Gasteiger partial charge in [-0.05, 0) is 55.1 Å². The summed E-state index contributed by atoms with van der Waals surface area (Å²) in [6.07, 6.45) is 3.83. The Balaban J connectivity index is 1.95. The lowest BCUT2D eigenvalue weighted by Gasteiger charge is -2.31. The second-order valence-electron chi connectivity index (χ2n) is 5.30. The quantitative estimate of drug-likeness (QED) is 0.890. The molecule has 0 spiro atoms. The number of hydrogen-bond donors (Lipinski definition) is 1. The molecule has 1 aliphatic heterocycles. The highest BCUT2D eigenvalue weighted by molar-refractivity contribution is 5.24. The molecule has 1 aromatic carbocycles. The van der Waals surface area contributed by atoms with Gasteiger partial charge >= 0.3 is 0 Å². The maximum atomic E-state index is 13.4. The van der Waals surface area contributed by atoms with Crippen molar-refractivity contribution in [3.63, 3.8) is 0 Å². The van der Waals surface area contributed by atoms with Gasteiger partial charge in [0.2, 0.25) is 0 Å². The fourth-order valence-electron chi connectivity index (χ4n) is 2.74. The normalized spacial score (nSPS) is 18.2. The minimum atomic E-state index is -0.170. The minimum absolute atomic E-state index is 0.170. The number of likely N-dealkylation sites (tertiary alicyclic amines) is 1. The van der Waals surface area contributed by atoms with Crippen LogP contribution < -0.4 is 5.73 Å². The van der Waals surface area contributed by atoms with Crippen molar-refractivity contribution in [1.82, 2.24) is 4.90 Å². The first-order valence-electron chi connectivity index (χ1n) is 6.92. The zero-order valence-electron chi connectivity index (χ0n) is 11.2. The van der Waals surface area contributed by atoms with E-state index in [2.05, 4.69) is 11.8 Å². The SMILES string of the molecule is CCC1CCN(Cc2cc(F)cc(CN)c2)CC1. The van der Waals surface area contributed by atoms with Gasteiger partial charge in [0.1, 0.15) is 5.82 Å². The van der Waals surface area contributed by atoms with E-state index in [1.165, 1.54) is 25.3 Å². The highest BCUT2D eigenvalue weighted by Gasteiger charge is 2.17. The predicted molar refractivity (Wildman–Crippen MR) is 72.6 cm³/mol. The molecule has 1 aliphatic rings. The number of hydrogen-bond acceptors (Lipinski definition) is 2. The van der Waals surface area contributed by atoms with Crippen LogP contribution in [0.2, 0.25) is 0 Å². The molecular weight excluding hydrogens is 227 g/mol. The maximum Gasteiger partial charge on any atom is 0.123 e. The topological polar surface area (TPSA) is 29.3 Å². The van der Waals surface area contributed by atoms with E-state index in [1.54, 1.807) is 6.07 Å². The summed E-state index contributed by atoms with van der Waals surface area (Å²) in [4.78, 5) is 2.42. The molecular formula is C15H23FN2. The molecule has 18 heavy (non-hydrogen) atoms. The third-order valence-corrected chi connectivity index (χ3v) is 3.94. The average Bonchev–Trinajstić information content (AvgIpc) is 2.39. The van der Waals surface area contributed by atoms with Gasteiger partial charge in [0, 0.05) is 13.1 Å². The number of benzene rings is 1. The van der Waals surface area contributed by atoms with Gasteiger partial charge in [-0.15, -0.1) is 0 Å². The molecule has 0 amide bonds. The molecule has 1 saturated heterocycles. The fourth-order valence-corrected chi connectivity index (χ4v) is 2.74. The zero-order chi connectivity index (χ0) is 13.0. The Labute approximate surface area is 109 Å². The molecule has 0 aromatic heterocycles. The van der Waals surface area contributed by atoms with Crippen molar-refractivity contribution in [3.8, 4) is 0 Å². The molecule has 2 N–H and O–H groups in total. The van der Waals surface area contributed by atoms with Crippen LogP contribution in [-0.4, -0.2) is 18.0 Å². The molecule has 1 aromatic rings. The highest BCUT2D eigenvalue weighted by atomic mass is 19.1. The Bertz CT molecular complexity index is 384. The van der Waals surface area contributed by atoms with Crippen molar-refractivity contribution < 1.29 is 4.39 Å². The van der Waals surface area contributed by atoms with Crippen LogP contribution in [0, 0.1) is 11.7 Å². The molecule has 0 unspecified atom stereocenters. The van der Waals surface area contributed by atoms with Crippen molar-refractivity contribution in [1.29, 1.82) is 0 Å². The fraction of sp³-hybridized carbons (Fsp3) is 0.600. The summed E-state index contributed by atoms with van der Waals surface area (Å²) in [5.74, 6) is 0.713. The standard InChI is InChI=1S/C15H23FN2/c1-2-12-3-5-18(6-4-12)11-14-7-13(10-17)8-15(16)9-14/h7-9,12H,2-6,10-11,17H2,1H3. The molecule has 2 rings (SSSR count). The largest absolute Gasteiger partial charge is 0.326 e. The van der Waals surface area contributed by atoms with E-state index in [0.717, 1.165) is 36.7 Å².